The predicted molar refractivity (Wildman–Crippen MR) is 62.4 cm³/mol. The fourth-order valence-electron chi connectivity index (χ4n) is 1.65. The molecule has 1 aliphatic heterocycles. The van der Waals surface area contributed by atoms with E-state index in [9.17, 15) is 0 Å². The van der Waals surface area contributed by atoms with E-state index in [1.165, 1.54) is 0 Å². The van der Waals surface area contributed by atoms with Gasteiger partial charge in [-0.1, -0.05) is 6.07 Å². The standard InChI is InChI=1S/C12H16N2O/c1-8-4-5-11(7-12(8)13)14-9(2)6-10(3)15-14/h4-7,9H,13H2,1-3H3/i6D. The molecule has 1 aliphatic rings. The molecule has 1 atom stereocenters. The van der Waals surface area contributed by atoms with Crippen LogP contribution in [0.3, 0.4) is 0 Å². The summed E-state index contributed by atoms with van der Waals surface area (Å²) in [4.78, 5) is 5.54. The van der Waals surface area contributed by atoms with E-state index < -0.39 is 0 Å². The molecular weight excluding hydrogens is 188 g/mol. The largest absolute Gasteiger partial charge is 0.398 e. The van der Waals surface area contributed by atoms with Crippen LogP contribution in [0.4, 0.5) is 11.4 Å². The van der Waals surface area contributed by atoms with E-state index >= 15 is 0 Å². The first-order valence-electron chi connectivity index (χ1n) is 5.51. The third-order valence-corrected chi connectivity index (χ3v) is 2.52. The van der Waals surface area contributed by atoms with Gasteiger partial charge in [-0.2, -0.15) is 0 Å². The molecule has 0 amide bonds. The number of hydroxylamine groups is 1. The van der Waals surface area contributed by atoms with Crippen molar-refractivity contribution in [1.82, 2.24) is 0 Å². The number of hydrogen-bond donors (Lipinski definition) is 1. The quantitative estimate of drug-likeness (QED) is 0.716. The van der Waals surface area contributed by atoms with Gasteiger partial charge in [-0.05, 0) is 44.5 Å². The molecule has 1 unspecified atom stereocenters. The molecule has 0 spiro atoms. The lowest BCUT2D eigenvalue weighted by Gasteiger charge is -2.23. The molecule has 3 heteroatoms. The maximum Gasteiger partial charge on any atom is 0.127 e. The normalized spacial score (nSPS) is 21.7. The first-order chi connectivity index (χ1) is 7.50. The average Bonchev–Trinajstić information content (AvgIpc) is 2.50. The van der Waals surface area contributed by atoms with Crippen molar-refractivity contribution in [3.05, 3.63) is 35.6 Å². The van der Waals surface area contributed by atoms with Gasteiger partial charge in [-0.3, -0.25) is 0 Å². The van der Waals surface area contributed by atoms with Crippen molar-refractivity contribution < 1.29 is 6.21 Å². The minimum Gasteiger partial charge on any atom is -0.398 e. The van der Waals surface area contributed by atoms with Gasteiger partial charge in [-0.25, -0.2) is 5.06 Å². The van der Waals surface area contributed by atoms with Gasteiger partial charge in [0.2, 0.25) is 0 Å². The Kier molecular flexibility index (Phi) is 2.02. The molecule has 2 N–H and O–H groups in total. The molecule has 0 saturated carbocycles. The maximum absolute atomic E-state index is 7.80. The van der Waals surface area contributed by atoms with Crippen LogP contribution in [0, 0.1) is 6.92 Å². The van der Waals surface area contributed by atoms with E-state index in [1.807, 2.05) is 32.0 Å². The van der Waals surface area contributed by atoms with E-state index in [-0.39, 0.29) is 6.04 Å². The average molecular weight is 205 g/mol. The first kappa shape index (κ1) is 8.65. The minimum absolute atomic E-state index is 0.0675. The van der Waals surface area contributed by atoms with Gasteiger partial charge in [0, 0.05) is 5.69 Å². The highest BCUT2D eigenvalue weighted by Crippen LogP contribution is 2.28. The second-order valence-electron chi connectivity index (χ2n) is 3.83. The molecule has 3 nitrogen and oxygen atoms in total. The summed E-state index contributed by atoms with van der Waals surface area (Å²) in [5.74, 6) is 0.645. The molecule has 0 fully saturated rings. The molecule has 80 valence electrons. The van der Waals surface area contributed by atoms with Crippen molar-refractivity contribution in [2.75, 3.05) is 10.8 Å². The van der Waals surface area contributed by atoms with Gasteiger partial charge >= 0.3 is 0 Å². The van der Waals surface area contributed by atoms with Crippen molar-refractivity contribution in [2.45, 2.75) is 26.8 Å². The molecule has 1 aromatic carbocycles. The van der Waals surface area contributed by atoms with Crippen LogP contribution in [-0.2, 0) is 4.84 Å². The number of benzene rings is 1. The Morgan fingerprint density at radius 2 is 2.20 bits per heavy atom. The van der Waals surface area contributed by atoms with Gasteiger partial charge in [-0.15, -0.1) is 0 Å². The van der Waals surface area contributed by atoms with Crippen LogP contribution in [-0.4, -0.2) is 6.04 Å². The molecule has 1 aromatic rings. The number of nitrogen functional groups attached to an aromatic ring is 1. The number of allylic oxidation sites excluding steroid dienone is 1. The predicted octanol–water partition coefficient (Wildman–Crippen LogP) is 2.62. The Bertz CT molecular complexity index is 456. The van der Waals surface area contributed by atoms with Crippen LogP contribution in [0.5, 0.6) is 0 Å². The summed E-state index contributed by atoms with van der Waals surface area (Å²) in [6, 6.07) is 6.23. The lowest BCUT2D eigenvalue weighted by molar-refractivity contribution is 0.199. The zero-order valence-electron chi connectivity index (χ0n) is 10.2. The summed E-state index contributed by atoms with van der Waals surface area (Å²) in [5.41, 5.74) is 8.53. The lowest BCUT2D eigenvalue weighted by atomic mass is 10.1. The lowest BCUT2D eigenvalue weighted by Crippen LogP contribution is -2.25. The third-order valence-electron chi connectivity index (χ3n) is 2.52. The van der Waals surface area contributed by atoms with Crippen LogP contribution in [0.1, 0.15) is 20.8 Å². The number of anilines is 2. The number of nitrogens with zero attached hydrogens (tertiary/aromatic N) is 1. The molecule has 0 aromatic heterocycles. The van der Waals surface area contributed by atoms with Crippen molar-refractivity contribution in [3.63, 3.8) is 0 Å². The van der Waals surface area contributed by atoms with Crippen molar-refractivity contribution >= 4 is 11.4 Å². The van der Waals surface area contributed by atoms with Gasteiger partial charge in [0.05, 0.1) is 13.1 Å². The summed E-state index contributed by atoms with van der Waals surface area (Å²) in [6.45, 7) is 5.71. The molecule has 0 aliphatic carbocycles. The zero-order valence-corrected chi connectivity index (χ0v) is 9.24. The Labute approximate surface area is 91.5 Å². The van der Waals surface area contributed by atoms with E-state index in [1.54, 1.807) is 12.0 Å². The summed E-state index contributed by atoms with van der Waals surface area (Å²) >= 11 is 0. The Morgan fingerprint density at radius 3 is 2.73 bits per heavy atom. The second kappa shape index (κ2) is 3.50. The molecule has 2 rings (SSSR count). The van der Waals surface area contributed by atoms with E-state index in [2.05, 4.69) is 0 Å². The number of hydrogen-bond acceptors (Lipinski definition) is 3. The maximum atomic E-state index is 7.80. The van der Waals surface area contributed by atoms with Crippen molar-refractivity contribution in [2.24, 2.45) is 0 Å². The molecule has 15 heavy (non-hydrogen) atoms. The SMILES string of the molecule is [2H]C1=C(C)ON(c2ccc(C)c(N)c2)C1C. The zero-order chi connectivity index (χ0) is 11.9. The number of nitrogens with two attached hydrogens (primary N) is 1. The third kappa shape index (κ3) is 1.77. The van der Waals surface area contributed by atoms with E-state index in [4.69, 9.17) is 11.9 Å². The molecule has 1 heterocycles. The fourth-order valence-corrected chi connectivity index (χ4v) is 1.65. The van der Waals surface area contributed by atoms with E-state index in [0.29, 0.717) is 11.8 Å². The molecule has 0 saturated heterocycles. The number of aryl methyl sites for hydroxylation is 1. The molecular formula is C12H16N2O. The second-order valence-corrected chi connectivity index (χ2v) is 3.83. The van der Waals surface area contributed by atoms with Crippen molar-refractivity contribution in [3.8, 4) is 0 Å². The van der Waals surface area contributed by atoms with E-state index in [0.717, 1.165) is 16.9 Å². The van der Waals surface area contributed by atoms with Gasteiger partial charge in [0.15, 0.2) is 0 Å². The highest BCUT2D eigenvalue weighted by Gasteiger charge is 2.21. The fraction of sp³-hybridized carbons (Fsp3) is 0.333. The summed E-state index contributed by atoms with van der Waals surface area (Å²) in [5, 5.41) is 1.72. The summed E-state index contributed by atoms with van der Waals surface area (Å²) < 4.78 is 7.80. The van der Waals surface area contributed by atoms with Gasteiger partial charge < -0.3 is 10.6 Å². The molecule has 0 bridgehead atoms. The monoisotopic (exact) mass is 205 g/mol. The minimum atomic E-state index is -0.0675. The van der Waals surface area contributed by atoms with Crippen LogP contribution < -0.4 is 10.8 Å². The first-order valence-corrected chi connectivity index (χ1v) is 5.01. The summed E-state index contributed by atoms with van der Waals surface area (Å²) in [6.07, 6.45) is 0. The Hall–Kier alpha value is -1.64. The smallest absolute Gasteiger partial charge is 0.127 e. The van der Waals surface area contributed by atoms with Crippen LogP contribution in [0.15, 0.2) is 30.0 Å². The number of rotatable bonds is 1. The Balaban J connectivity index is 2.31. The molecule has 0 radical (unpaired) electrons. The van der Waals surface area contributed by atoms with Gasteiger partial charge in [0.25, 0.3) is 0 Å². The summed E-state index contributed by atoms with van der Waals surface area (Å²) in [7, 11) is 0. The highest BCUT2D eigenvalue weighted by molar-refractivity contribution is 5.59. The van der Waals surface area contributed by atoms with Crippen molar-refractivity contribution in [1.29, 1.82) is 0 Å². The Morgan fingerprint density at radius 1 is 1.47 bits per heavy atom. The van der Waals surface area contributed by atoms with Crippen LogP contribution in [0.25, 0.3) is 0 Å². The topological polar surface area (TPSA) is 38.5 Å². The van der Waals surface area contributed by atoms with Crippen LogP contribution >= 0.6 is 0 Å². The van der Waals surface area contributed by atoms with Crippen LogP contribution in [0.2, 0.25) is 0 Å². The highest BCUT2D eigenvalue weighted by atomic mass is 16.7. The van der Waals surface area contributed by atoms with Gasteiger partial charge in [0.1, 0.15) is 5.76 Å².